The summed E-state index contributed by atoms with van der Waals surface area (Å²) in [7, 11) is 0. The van der Waals surface area contributed by atoms with Gasteiger partial charge in [0.05, 0.1) is 5.69 Å². The highest BCUT2D eigenvalue weighted by Gasteiger charge is 2.24. The van der Waals surface area contributed by atoms with E-state index in [2.05, 4.69) is 22.7 Å². The van der Waals surface area contributed by atoms with Crippen molar-refractivity contribution in [1.29, 1.82) is 0 Å². The van der Waals surface area contributed by atoms with E-state index >= 15 is 0 Å². The molecule has 100 valence electrons. The number of hydrogen-bond donors (Lipinski definition) is 2. The molecule has 2 heterocycles. The monoisotopic (exact) mass is 250 g/mol. The molecular formula is C13H22N4O. The van der Waals surface area contributed by atoms with Gasteiger partial charge in [0.2, 0.25) is 0 Å². The molecule has 1 aromatic heterocycles. The van der Waals surface area contributed by atoms with Gasteiger partial charge < -0.3 is 10.6 Å². The highest BCUT2D eigenvalue weighted by molar-refractivity contribution is 5.92. The molecule has 5 heteroatoms. The van der Waals surface area contributed by atoms with E-state index in [9.17, 15) is 4.79 Å². The van der Waals surface area contributed by atoms with E-state index in [1.54, 1.807) is 4.68 Å². The maximum absolute atomic E-state index is 12.2. The topological polar surface area (TPSA) is 59.0 Å². The number of carbonyl (C=O) groups is 1. The van der Waals surface area contributed by atoms with E-state index in [1.807, 2.05) is 19.9 Å². The second-order valence-corrected chi connectivity index (χ2v) is 5.00. The number of nitrogens with one attached hydrogen (secondary N) is 2. The standard InChI is InChI=1S/C13H22N4O/c1-4-17-12(7-9(2)16-17)13(18)15-10(3)11-5-6-14-8-11/h7,10-11,14H,4-6,8H2,1-3H3,(H,15,18). The Morgan fingerprint density at radius 2 is 2.50 bits per heavy atom. The summed E-state index contributed by atoms with van der Waals surface area (Å²) in [5.74, 6) is 0.518. The predicted octanol–water partition coefficient (Wildman–Crippen LogP) is 0.939. The molecule has 0 spiro atoms. The van der Waals surface area contributed by atoms with Crippen LogP contribution in [0.3, 0.4) is 0 Å². The number of nitrogens with zero attached hydrogens (tertiary/aromatic N) is 2. The van der Waals surface area contributed by atoms with Crippen LogP contribution < -0.4 is 10.6 Å². The van der Waals surface area contributed by atoms with Crippen molar-refractivity contribution in [2.75, 3.05) is 13.1 Å². The van der Waals surface area contributed by atoms with Crippen LogP contribution >= 0.6 is 0 Å². The Morgan fingerprint density at radius 3 is 3.11 bits per heavy atom. The normalized spacial score (nSPS) is 20.9. The summed E-state index contributed by atoms with van der Waals surface area (Å²) >= 11 is 0. The zero-order valence-electron chi connectivity index (χ0n) is 11.4. The molecule has 2 atom stereocenters. The lowest BCUT2D eigenvalue weighted by molar-refractivity contribution is 0.0918. The summed E-state index contributed by atoms with van der Waals surface area (Å²) in [5, 5.41) is 10.7. The van der Waals surface area contributed by atoms with Gasteiger partial charge in [0, 0.05) is 12.6 Å². The molecule has 1 amide bonds. The lowest BCUT2D eigenvalue weighted by Gasteiger charge is -2.19. The van der Waals surface area contributed by atoms with Crippen LogP contribution in [0.25, 0.3) is 0 Å². The highest BCUT2D eigenvalue weighted by atomic mass is 16.2. The van der Waals surface area contributed by atoms with Crippen molar-refractivity contribution >= 4 is 5.91 Å². The maximum Gasteiger partial charge on any atom is 0.269 e. The molecular weight excluding hydrogens is 228 g/mol. The first-order valence-electron chi connectivity index (χ1n) is 6.67. The van der Waals surface area contributed by atoms with Crippen LogP contribution in [-0.2, 0) is 6.54 Å². The number of carbonyl (C=O) groups excluding carboxylic acids is 1. The minimum Gasteiger partial charge on any atom is -0.348 e. The zero-order chi connectivity index (χ0) is 13.1. The summed E-state index contributed by atoms with van der Waals surface area (Å²) in [6.07, 6.45) is 1.13. The SMILES string of the molecule is CCn1nc(C)cc1C(=O)NC(C)C1CCNC1. The Bertz CT molecular complexity index is 421. The van der Waals surface area contributed by atoms with Crippen molar-refractivity contribution < 1.29 is 4.79 Å². The highest BCUT2D eigenvalue weighted by Crippen LogP contribution is 2.13. The molecule has 1 aromatic rings. The van der Waals surface area contributed by atoms with Gasteiger partial charge in [-0.15, -0.1) is 0 Å². The molecule has 0 saturated carbocycles. The third-order valence-electron chi connectivity index (χ3n) is 3.60. The minimum absolute atomic E-state index is 0.0168. The van der Waals surface area contributed by atoms with Gasteiger partial charge in [-0.05, 0) is 52.3 Å². The van der Waals surface area contributed by atoms with Gasteiger partial charge in [0.15, 0.2) is 0 Å². The Labute approximate surface area is 108 Å². The molecule has 1 fully saturated rings. The fraction of sp³-hybridized carbons (Fsp3) is 0.692. The van der Waals surface area contributed by atoms with Gasteiger partial charge in [-0.25, -0.2) is 0 Å². The molecule has 1 aliphatic heterocycles. The van der Waals surface area contributed by atoms with E-state index in [0.29, 0.717) is 11.6 Å². The number of rotatable bonds is 4. The molecule has 18 heavy (non-hydrogen) atoms. The van der Waals surface area contributed by atoms with E-state index < -0.39 is 0 Å². The Morgan fingerprint density at radius 1 is 1.72 bits per heavy atom. The van der Waals surface area contributed by atoms with E-state index in [1.165, 1.54) is 0 Å². The zero-order valence-corrected chi connectivity index (χ0v) is 11.4. The summed E-state index contributed by atoms with van der Waals surface area (Å²) < 4.78 is 1.75. The second-order valence-electron chi connectivity index (χ2n) is 5.00. The van der Waals surface area contributed by atoms with Gasteiger partial charge in [-0.2, -0.15) is 5.10 Å². The van der Waals surface area contributed by atoms with Gasteiger partial charge in [0.25, 0.3) is 5.91 Å². The van der Waals surface area contributed by atoms with Crippen LogP contribution in [0, 0.1) is 12.8 Å². The quantitative estimate of drug-likeness (QED) is 0.836. The summed E-state index contributed by atoms with van der Waals surface area (Å²) in [5.41, 5.74) is 1.55. The maximum atomic E-state index is 12.2. The molecule has 0 bridgehead atoms. The van der Waals surface area contributed by atoms with Crippen molar-refractivity contribution in [2.45, 2.75) is 39.8 Å². The van der Waals surface area contributed by atoms with Crippen LogP contribution in [0.1, 0.15) is 36.5 Å². The first-order valence-corrected chi connectivity index (χ1v) is 6.67. The van der Waals surface area contributed by atoms with Gasteiger partial charge in [-0.1, -0.05) is 0 Å². The van der Waals surface area contributed by atoms with Crippen molar-refractivity contribution in [3.05, 3.63) is 17.5 Å². The number of hydrogen-bond acceptors (Lipinski definition) is 3. The number of amides is 1. The van der Waals surface area contributed by atoms with Crippen molar-refractivity contribution in [2.24, 2.45) is 5.92 Å². The first kappa shape index (κ1) is 13.1. The van der Waals surface area contributed by atoms with Crippen molar-refractivity contribution in [3.63, 3.8) is 0 Å². The van der Waals surface area contributed by atoms with Crippen molar-refractivity contribution in [1.82, 2.24) is 20.4 Å². The Kier molecular flexibility index (Phi) is 4.01. The minimum atomic E-state index is -0.0168. The molecule has 2 rings (SSSR count). The van der Waals surface area contributed by atoms with E-state index in [-0.39, 0.29) is 11.9 Å². The van der Waals surface area contributed by atoms with Crippen LogP contribution in [0.2, 0.25) is 0 Å². The molecule has 1 saturated heterocycles. The second kappa shape index (κ2) is 5.52. The molecule has 0 aromatic carbocycles. The van der Waals surface area contributed by atoms with E-state index in [0.717, 1.165) is 31.7 Å². The average Bonchev–Trinajstić information content (AvgIpc) is 2.96. The van der Waals surface area contributed by atoms with E-state index in [4.69, 9.17) is 0 Å². The van der Waals surface area contributed by atoms with Crippen LogP contribution in [0.4, 0.5) is 0 Å². The molecule has 2 N–H and O–H groups in total. The molecule has 5 nitrogen and oxygen atoms in total. The molecule has 0 aliphatic carbocycles. The van der Waals surface area contributed by atoms with Crippen LogP contribution in [-0.4, -0.2) is 34.8 Å². The fourth-order valence-corrected chi connectivity index (χ4v) is 2.47. The lowest BCUT2D eigenvalue weighted by atomic mass is 10.0. The van der Waals surface area contributed by atoms with Crippen molar-refractivity contribution in [3.8, 4) is 0 Å². The largest absolute Gasteiger partial charge is 0.348 e. The molecule has 0 radical (unpaired) electrons. The summed E-state index contributed by atoms with van der Waals surface area (Å²) in [6, 6.07) is 2.05. The lowest BCUT2D eigenvalue weighted by Crippen LogP contribution is -2.39. The van der Waals surface area contributed by atoms with Crippen LogP contribution in [0.15, 0.2) is 6.07 Å². The number of aromatic nitrogens is 2. The summed E-state index contributed by atoms with van der Waals surface area (Å²) in [4.78, 5) is 12.2. The molecule has 2 unspecified atom stereocenters. The van der Waals surface area contributed by atoms with Gasteiger partial charge in [-0.3, -0.25) is 9.48 Å². The van der Waals surface area contributed by atoms with Crippen LogP contribution in [0.5, 0.6) is 0 Å². The Balaban J connectivity index is 2.02. The van der Waals surface area contributed by atoms with Gasteiger partial charge in [0.1, 0.15) is 5.69 Å². The fourth-order valence-electron chi connectivity index (χ4n) is 2.47. The molecule has 1 aliphatic rings. The smallest absolute Gasteiger partial charge is 0.269 e. The van der Waals surface area contributed by atoms with Gasteiger partial charge >= 0.3 is 0 Å². The Hall–Kier alpha value is -1.36. The third kappa shape index (κ3) is 2.72. The summed E-state index contributed by atoms with van der Waals surface area (Å²) in [6.45, 7) is 8.75. The third-order valence-corrected chi connectivity index (χ3v) is 3.60. The number of aryl methyl sites for hydroxylation is 2. The first-order chi connectivity index (χ1) is 8.61. The predicted molar refractivity (Wildman–Crippen MR) is 70.5 cm³/mol. The average molecular weight is 250 g/mol.